The van der Waals surface area contributed by atoms with Gasteiger partial charge in [0.05, 0.1) is 0 Å². The van der Waals surface area contributed by atoms with E-state index < -0.39 is 0 Å². The van der Waals surface area contributed by atoms with E-state index >= 15 is 0 Å². The van der Waals surface area contributed by atoms with Crippen LogP contribution in [0.1, 0.15) is 39.5 Å². The van der Waals surface area contributed by atoms with E-state index in [9.17, 15) is 9.59 Å². The van der Waals surface area contributed by atoms with Crippen molar-refractivity contribution >= 4 is 11.9 Å². The van der Waals surface area contributed by atoms with Gasteiger partial charge in [-0.2, -0.15) is 0 Å². The summed E-state index contributed by atoms with van der Waals surface area (Å²) in [5, 5.41) is 0. The van der Waals surface area contributed by atoms with E-state index in [4.69, 9.17) is 9.47 Å². The van der Waals surface area contributed by atoms with Gasteiger partial charge in [0.15, 0.2) is 0 Å². The van der Waals surface area contributed by atoms with E-state index in [1.807, 2.05) is 0 Å². The zero-order valence-corrected chi connectivity index (χ0v) is 8.46. The number of carbonyl (C=O) groups is 2. The Morgan fingerprint density at radius 1 is 0.929 bits per heavy atom. The minimum absolute atomic E-state index is 0.369. The van der Waals surface area contributed by atoms with Gasteiger partial charge in [0, 0.05) is 26.7 Å². The van der Waals surface area contributed by atoms with Gasteiger partial charge < -0.3 is 9.47 Å². The van der Waals surface area contributed by atoms with Crippen molar-refractivity contribution in [1.82, 2.24) is 0 Å². The average Bonchev–Trinajstić information content (AvgIpc) is 2.06. The van der Waals surface area contributed by atoms with E-state index in [2.05, 4.69) is 0 Å². The predicted molar refractivity (Wildman–Crippen MR) is 49.0 cm³/mol. The van der Waals surface area contributed by atoms with Crippen LogP contribution >= 0.6 is 0 Å². The summed E-state index contributed by atoms with van der Waals surface area (Å²) in [4.78, 5) is 21.5. The van der Waals surface area contributed by atoms with E-state index in [1.54, 1.807) is 0 Å². The minimum Gasteiger partial charge on any atom is -0.428 e. The van der Waals surface area contributed by atoms with Gasteiger partial charge in [-0.25, -0.2) is 0 Å². The highest BCUT2D eigenvalue weighted by atomic mass is 16.6. The van der Waals surface area contributed by atoms with Crippen LogP contribution in [0.2, 0.25) is 0 Å². The third-order valence-electron chi connectivity index (χ3n) is 1.90. The van der Waals surface area contributed by atoms with Crippen molar-refractivity contribution in [2.24, 2.45) is 0 Å². The first-order valence-corrected chi connectivity index (χ1v) is 4.68. The number of allylic oxidation sites excluding steroid dienone is 2. The molecule has 0 amide bonds. The SMILES string of the molecule is CC(=O)OC1=C(OC(C)=O)CCCC1. The zero-order chi connectivity index (χ0) is 10.6. The first-order valence-electron chi connectivity index (χ1n) is 4.68. The molecule has 78 valence electrons. The maximum Gasteiger partial charge on any atom is 0.307 e. The Kier molecular flexibility index (Phi) is 3.68. The largest absolute Gasteiger partial charge is 0.428 e. The third kappa shape index (κ3) is 3.20. The standard InChI is InChI=1S/C10H14O4/c1-7(11)13-9-5-3-4-6-10(9)14-8(2)12/h3-6H2,1-2H3. The molecule has 0 aromatic heterocycles. The lowest BCUT2D eigenvalue weighted by atomic mass is 10.0. The smallest absolute Gasteiger partial charge is 0.307 e. The Morgan fingerprint density at radius 2 is 1.29 bits per heavy atom. The summed E-state index contributed by atoms with van der Waals surface area (Å²) in [7, 11) is 0. The third-order valence-corrected chi connectivity index (χ3v) is 1.90. The average molecular weight is 198 g/mol. The van der Waals surface area contributed by atoms with Crippen molar-refractivity contribution in [3.05, 3.63) is 11.5 Å². The molecule has 1 aliphatic carbocycles. The van der Waals surface area contributed by atoms with Crippen LogP contribution < -0.4 is 0 Å². The fraction of sp³-hybridized carbons (Fsp3) is 0.600. The summed E-state index contributed by atoms with van der Waals surface area (Å²) in [6, 6.07) is 0. The minimum atomic E-state index is -0.369. The van der Waals surface area contributed by atoms with Crippen LogP contribution in [0.4, 0.5) is 0 Å². The monoisotopic (exact) mass is 198 g/mol. The molecule has 0 saturated carbocycles. The van der Waals surface area contributed by atoms with Crippen LogP contribution in [0, 0.1) is 0 Å². The Bertz CT molecular complexity index is 250. The van der Waals surface area contributed by atoms with Crippen molar-refractivity contribution in [2.75, 3.05) is 0 Å². The van der Waals surface area contributed by atoms with Gasteiger partial charge in [-0.05, 0) is 12.8 Å². The van der Waals surface area contributed by atoms with Crippen LogP contribution in [0.5, 0.6) is 0 Å². The van der Waals surface area contributed by atoms with Crippen LogP contribution in [0.3, 0.4) is 0 Å². The molecule has 0 atom stereocenters. The molecule has 14 heavy (non-hydrogen) atoms. The van der Waals surface area contributed by atoms with E-state index in [-0.39, 0.29) is 11.9 Å². The molecule has 1 aliphatic rings. The second-order valence-electron chi connectivity index (χ2n) is 3.24. The number of hydrogen-bond donors (Lipinski definition) is 0. The molecule has 0 heterocycles. The molecule has 0 aromatic carbocycles. The van der Waals surface area contributed by atoms with Gasteiger partial charge in [0.25, 0.3) is 0 Å². The van der Waals surface area contributed by atoms with Crippen molar-refractivity contribution in [3.63, 3.8) is 0 Å². The normalized spacial score (nSPS) is 16.4. The molecule has 0 spiro atoms. The molecular formula is C10H14O4. The van der Waals surface area contributed by atoms with Gasteiger partial charge in [0.1, 0.15) is 11.5 Å². The van der Waals surface area contributed by atoms with E-state index in [0.717, 1.165) is 12.8 Å². The van der Waals surface area contributed by atoms with Crippen LogP contribution in [0.15, 0.2) is 11.5 Å². The highest BCUT2D eigenvalue weighted by Crippen LogP contribution is 2.26. The summed E-state index contributed by atoms with van der Waals surface area (Å²) >= 11 is 0. The summed E-state index contributed by atoms with van der Waals surface area (Å²) in [5.74, 6) is 0.288. The summed E-state index contributed by atoms with van der Waals surface area (Å²) < 4.78 is 9.94. The van der Waals surface area contributed by atoms with Crippen LogP contribution in [-0.2, 0) is 19.1 Å². The Morgan fingerprint density at radius 3 is 1.57 bits per heavy atom. The second-order valence-corrected chi connectivity index (χ2v) is 3.24. The Hall–Kier alpha value is -1.32. The first-order chi connectivity index (χ1) is 6.59. The number of carbonyl (C=O) groups excluding carboxylic acids is 2. The molecule has 1 rings (SSSR count). The Balaban J connectivity index is 2.73. The van der Waals surface area contributed by atoms with Gasteiger partial charge in [0.2, 0.25) is 0 Å². The molecule has 0 aromatic rings. The maximum atomic E-state index is 10.7. The highest BCUT2D eigenvalue weighted by Gasteiger charge is 2.18. The predicted octanol–water partition coefficient (Wildman–Crippen LogP) is 1.90. The molecule has 0 saturated heterocycles. The molecule has 0 bridgehead atoms. The topological polar surface area (TPSA) is 52.6 Å². The number of rotatable bonds is 2. The maximum absolute atomic E-state index is 10.7. The van der Waals surface area contributed by atoms with Crippen molar-refractivity contribution in [2.45, 2.75) is 39.5 Å². The molecule has 0 fully saturated rings. The quantitative estimate of drug-likeness (QED) is 0.636. The zero-order valence-electron chi connectivity index (χ0n) is 8.46. The number of ether oxygens (including phenoxy) is 2. The molecule has 0 N–H and O–H groups in total. The second kappa shape index (κ2) is 4.79. The molecule has 4 nitrogen and oxygen atoms in total. The number of esters is 2. The Labute approximate surface area is 82.9 Å². The summed E-state index contributed by atoms with van der Waals surface area (Å²) in [6.45, 7) is 2.68. The van der Waals surface area contributed by atoms with Crippen LogP contribution in [0.25, 0.3) is 0 Å². The van der Waals surface area contributed by atoms with Gasteiger partial charge in [-0.1, -0.05) is 0 Å². The molecule has 0 aliphatic heterocycles. The summed E-state index contributed by atoms with van der Waals surface area (Å²) in [5.41, 5.74) is 0. The molecule has 0 radical (unpaired) electrons. The molecule has 0 unspecified atom stereocenters. The van der Waals surface area contributed by atoms with Crippen LogP contribution in [-0.4, -0.2) is 11.9 Å². The summed E-state index contributed by atoms with van der Waals surface area (Å²) in [6.07, 6.45) is 3.27. The lowest BCUT2D eigenvalue weighted by Crippen LogP contribution is -2.11. The van der Waals surface area contributed by atoms with E-state index in [0.29, 0.717) is 24.4 Å². The number of hydrogen-bond acceptors (Lipinski definition) is 4. The van der Waals surface area contributed by atoms with E-state index in [1.165, 1.54) is 13.8 Å². The van der Waals surface area contributed by atoms with Gasteiger partial charge >= 0.3 is 11.9 Å². The first kappa shape index (κ1) is 10.8. The highest BCUT2D eigenvalue weighted by molar-refractivity contribution is 5.69. The van der Waals surface area contributed by atoms with Gasteiger partial charge in [-0.15, -0.1) is 0 Å². The lowest BCUT2D eigenvalue weighted by molar-refractivity contribution is -0.141. The van der Waals surface area contributed by atoms with Crippen molar-refractivity contribution in [3.8, 4) is 0 Å². The molecule has 4 heteroatoms. The van der Waals surface area contributed by atoms with Crippen molar-refractivity contribution < 1.29 is 19.1 Å². The fourth-order valence-electron chi connectivity index (χ4n) is 1.41. The van der Waals surface area contributed by atoms with Gasteiger partial charge in [-0.3, -0.25) is 9.59 Å². The lowest BCUT2D eigenvalue weighted by Gasteiger charge is -2.17. The van der Waals surface area contributed by atoms with Crippen molar-refractivity contribution in [1.29, 1.82) is 0 Å². The fourth-order valence-corrected chi connectivity index (χ4v) is 1.41. The molecular weight excluding hydrogens is 184 g/mol.